The topological polar surface area (TPSA) is 112 Å². The molecule has 1 unspecified atom stereocenters. The van der Waals surface area contributed by atoms with Gasteiger partial charge in [-0.2, -0.15) is 5.10 Å². The zero-order chi connectivity index (χ0) is 24.4. The van der Waals surface area contributed by atoms with Gasteiger partial charge in [0.1, 0.15) is 30.2 Å². The van der Waals surface area contributed by atoms with Crippen LogP contribution < -0.4 is 10.5 Å². The van der Waals surface area contributed by atoms with Gasteiger partial charge in [0.15, 0.2) is 5.65 Å². The zero-order valence-electron chi connectivity index (χ0n) is 19.0. The summed E-state index contributed by atoms with van der Waals surface area (Å²) in [6, 6.07) is 11.1. The van der Waals surface area contributed by atoms with E-state index in [1.165, 1.54) is 12.4 Å². The predicted octanol–water partition coefficient (Wildman–Crippen LogP) is 4.05. The van der Waals surface area contributed by atoms with Crippen LogP contribution in [0.4, 0.5) is 5.82 Å². The Kier molecular flexibility index (Phi) is 6.33. The fraction of sp³-hybridized carbons (Fsp3) is 0.240. The minimum atomic E-state index is -0.0893. The van der Waals surface area contributed by atoms with E-state index in [0.717, 1.165) is 24.1 Å². The first kappa shape index (κ1) is 22.8. The highest BCUT2D eigenvalue weighted by Crippen LogP contribution is 2.36. The molecule has 35 heavy (non-hydrogen) atoms. The first-order chi connectivity index (χ1) is 17.0. The Morgan fingerprint density at radius 2 is 2.14 bits per heavy atom. The molecule has 9 nitrogen and oxygen atoms in total. The summed E-state index contributed by atoms with van der Waals surface area (Å²) in [7, 11) is 0. The average molecular weight is 490 g/mol. The summed E-state index contributed by atoms with van der Waals surface area (Å²) in [5.74, 6) is 0.783. The number of fused-ring (bicyclic) bond motifs is 1. The summed E-state index contributed by atoms with van der Waals surface area (Å²) >= 11 is 6.57. The van der Waals surface area contributed by atoms with Crippen LogP contribution in [0.25, 0.3) is 22.3 Å². The molecule has 1 aromatic carbocycles. The lowest BCUT2D eigenvalue weighted by Crippen LogP contribution is -2.40. The van der Waals surface area contributed by atoms with Gasteiger partial charge in [0.25, 0.3) is 0 Å². The van der Waals surface area contributed by atoms with Gasteiger partial charge in [-0.15, -0.1) is 0 Å². The number of ether oxygens (including phenoxy) is 1. The van der Waals surface area contributed by atoms with Gasteiger partial charge >= 0.3 is 0 Å². The Balaban J connectivity index is 1.48. The number of rotatable bonds is 6. The van der Waals surface area contributed by atoms with Crippen molar-refractivity contribution in [2.45, 2.75) is 25.5 Å². The number of amides is 1. The summed E-state index contributed by atoms with van der Waals surface area (Å²) in [6.07, 6.45) is 6.21. The molecule has 0 saturated carbocycles. The van der Waals surface area contributed by atoms with Crippen molar-refractivity contribution < 1.29 is 9.53 Å². The predicted molar refractivity (Wildman–Crippen MR) is 134 cm³/mol. The summed E-state index contributed by atoms with van der Waals surface area (Å²) in [5, 5.41) is 5.98. The number of piperidine rings is 1. The SMILES string of the molecule is C=CC(=O)N1CCCC(n2nc(-c3ccc(OCc4ccccn4)c(Cl)c3)c3c(N)ncnc32)C1. The third kappa shape index (κ3) is 4.54. The maximum absolute atomic E-state index is 12.2. The van der Waals surface area contributed by atoms with Crippen LogP contribution in [0.3, 0.4) is 0 Å². The van der Waals surface area contributed by atoms with Crippen LogP contribution in [0.2, 0.25) is 5.02 Å². The average Bonchev–Trinajstić information content (AvgIpc) is 3.29. The first-order valence-corrected chi connectivity index (χ1v) is 11.7. The Morgan fingerprint density at radius 3 is 2.91 bits per heavy atom. The van der Waals surface area contributed by atoms with E-state index in [9.17, 15) is 4.79 Å². The van der Waals surface area contributed by atoms with Gasteiger partial charge in [0, 0.05) is 24.8 Å². The molecule has 1 atom stereocenters. The molecule has 4 heterocycles. The number of nitrogen functional groups attached to an aromatic ring is 1. The third-order valence-corrected chi connectivity index (χ3v) is 6.35. The van der Waals surface area contributed by atoms with Crippen LogP contribution in [0.1, 0.15) is 24.6 Å². The van der Waals surface area contributed by atoms with E-state index in [0.29, 0.717) is 53.0 Å². The molecule has 1 aliphatic rings. The molecule has 1 aliphatic heterocycles. The number of benzene rings is 1. The van der Waals surface area contributed by atoms with E-state index >= 15 is 0 Å². The van der Waals surface area contributed by atoms with Gasteiger partial charge in [-0.25, -0.2) is 14.6 Å². The van der Waals surface area contributed by atoms with E-state index in [2.05, 4.69) is 21.5 Å². The number of carbonyl (C=O) groups excluding carboxylic acids is 1. The van der Waals surface area contributed by atoms with E-state index in [4.69, 9.17) is 27.2 Å². The van der Waals surface area contributed by atoms with E-state index in [1.54, 1.807) is 23.2 Å². The van der Waals surface area contributed by atoms with E-state index in [-0.39, 0.29) is 11.9 Å². The van der Waals surface area contributed by atoms with Gasteiger partial charge in [-0.05, 0) is 49.2 Å². The Bertz CT molecular complexity index is 1390. The zero-order valence-corrected chi connectivity index (χ0v) is 19.7. The molecule has 2 N–H and O–H groups in total. The Hall–Kier alpha value is -3.98. The summed E-state index contributed by atoms with van der Waals surface area (Å²) in [4.78, 5) is 26.9. The molecular weight excluding hydrogens is 466 g/mol. The standard InChI is InChI=1S/C25H24ClN7O2/c1-2-21(34)32-11-5-7-18(13-32)33-25-22(24(27)29-15-30-25)23(31-33)16-8-9-20(19(26)12-16)35-14-17-6-3-4-10-28-17/h2-4,6,8-10,12,15,18H,1,5,7,11,13-14H2,(H2,27,29,30). The monoisotopic (exact) mass is 489 g/mol. The van der Waals surface area contributed by atoms with Crippen molar-refractivity contribution in [1.82, 2.24) is 29.6 Å². The number of carbonyl (C=O) groups is 1. The number of halogens is 1. The lowest BCUT2D eigenvalue weighted by atomic mass is 10.1. The van der Waals surface area contributed by atoms with Gasteiger partial charge in [0.2, 0.25) is 5.91 Å². The summed E-state index contributed by atoms with van der Waals surface area (Å²) in [6.45, 7) is 5.13. The molecule has 0 radical (unpaired) electrons. The number of likely N-dealkylation sites (tertiary alicyclic amines) is 1. The van der Waals surface area contributed by atoms with Crippen molar-refractivity contribution >= 4 is 34.4 Å². The minimum Gasteiger partial charge on any atom is -0.486 e. The number of nitrogens with two attached hydrogens (primary N) is 1. The lowest BCUT2D eigenvalue weighted by molar-refractivity contribution is -0.127. The number of hydrogen-bond acceptors (Lipinski definition) is 7. The largest absolute Gasteiger partial charge is 0.486 e. The third-order valence-electron chi connectivity index (χ3n) is 6.05. The molecule has 3 aromatic heterocycles. The molecule has 0 aliphatic carbocycles. The minimum absolute atomic E-state index is 0.0466. The lowest BCUT2D eigenvalue weighted by Gasteiger charge is -2.32. The van der Waals surface area contributed by atoms with Crippen LogP contribution in [-0.4, -0.2) is 48.6 Å². The maximum atomic E-state index is 12.2. The van der Waals surface area contributed by atoms with Crippen molar-refractivity contribution in [1.29, 1.82) is 0 Å². The van der Waals surface area contributed by atoms with E-state index in [1.807, 2.05) is 28.9 Å². The quantitative estimate of drug-likeness (QED) is 0.406. The number of hydrogen-bond donors (Lipinski definition) is 1. The molecule has 10 heteroatoms. The second kappa shape index (κ2) is 9.71. The highest BCUT2D eigenvalue weighted by atomic mass is 35.5. The van der Waals surface area contributed by atoms with Crippen LogP contribution in [0.15, 0.2) is 61.6 Å². The highest BCUT2D eigenvalue weighted by Gasteiger charge is 2.28. The number of aromatic nitrogens is 5. The maximum Gasteiger partial charge on any atom is 0.246 e. The number of nitrogens with zero attached hydrogens (tertiary/aromatic N) is 6. The number of anilines is 1. The van der Waals surface area contributed by atoms with Crippen LogP contribution >= 0.6 is 11.6 Å². The summed E-state index contributed by atoms with van der Waals surface area (Å²) < 4.78 is 7.71. The molecule has 0 bridgehead atoms. The fourth-order valence-electron chi connectivity index (χ4n) is 4.34. The van der Waals surface area contributed by atoms with E-state index < -0.39 is 0 Å². The normalized spacial score (nSPS) is 15.8. The van der Waals surface area contributed by atoms with Crippen LogP contribution in [0, 0.1) is 0 Å². The summed E-state index contributed by atoms with van der Waals surface area (Å²) in [5.41, 5.74) is 9.09. The van der Waals surface area contributed by atoms with Crippen molar-refractivity contribution in [2.75, 3.05) is 18.8 Å². The van der Waals surface area contributed by atoms with Crippen LogP contribution in [0.5, 0.6) is 5.75 Å². The van der Waals surface area contributed by atoms with Crippen molar-refractivity contribution in [3.05, 3.63) is 72.3 Å². The molecule has 1 amide bonds. The molecule has 1 saturated heterocycles. The second-order valence-corrected chi connectivity index (χ2v) is 8.70. The molecule has 4 aromatic rings. The molecule has 5 rings (SSSR count). The van der Waals surface area contributed by atoms with Gasteiger partial charge in [-0.3, -0.25) is 9.78 Å². The fourth-order valence-corrected chi connectivity index (χ4v) is 4.57. The van der Waals surface area contributed by atoms with Crippen LogP contribution in [-0.2, 0) is 11.4 Å². The number of pyridine rings is 1. The Morgan fingerprint density at radius 1 is 1.26 bits per heavy atom. The van der Waals surface area contributed by atoms with Crippen molar-refractivity contribution in [2.24, 2.45) is 0 Å². The molecule has 0 spiro atoms. The van der Waals surface area contributed by atoms with Gasteiger partial charge in [-0.1, -0.05) is 24.2 Å². The smallest absolute Gasteiger partial charge is 0.246 e. The van der Waals surface area contributed by atoms with Crippen molar-refractivity contribution in [3.63, 3.8) is 0 Å². The highest BCUT2D eigenvalue weighted by molar-refractivity contribution is 6.32. The van der Waals surface area contributed by atoms with Crippen molar-refractivity contribution in [3.8, 4) is 17.0 Å². The first-order valence-electron chi connectivity index (χ1n) is 11.3. The molecular formula is C25H24ClN7O2. The van der Waals surface area contributed by atoms with Gasteiger partial charge < -0.3 is 15.4 Å². The van der Waals surface area contributed by atoms with Gasteiger partial charge in [0.05, 0.1) is 22.1 Å². The molecule has 1 fully saturated rings. The second-order valence-electron chi connectivity index (χ2n) is 8.29. The molecule has 178 valence electrons. The Labute approximate surface area is 207 Å².